The third kappa shape index (κ3) is 2.78. The van der Waals surface area contributed by atoms with Crippen molar-refractivity contribution in [2.75, 3.05) is 0 Å². The lowest BCUT2D eigenvalue weighted by molar-refractivity contribution is -0.142. The first-order valence-electron chi connectivity index (χ1n) is 4.01. The molecule has 0 aromatic heterocycles. The van der Waals surface area contributed by atoms with E-state index in [-0.39, 0.29) is 18.3 Å². The number of hydrogen-bond donors (Lipinski definition) is 1. The largest absolute Gasteiger partial charge is 0.508 e. The topological polar surface area (TPSA) is 46.5 Å². The van der Waals surface area contributed by atoms with Gasteiger partial charge >= 0.3 is 5.97 Å². The molecule has 1 aromatic rings. The van der Waals surface area contributed by atoms with Crippen LogP contribution in [0.15, 0.2) is 18.2 Å². The summed E-state index contributed by atoms with van der Waals surface area (Å²) < 4.78 is 4.76. The van der Waals surface area contributed by atoms with E-state index in [0.717, 1.165) is 5.56 Å². The van der Waals surface area contributed by atoms with Gasteiger partial charge in [-0.1, -0.05) is 11.6 Å². The highest BCUT2D eigenvalue weighted by atomic mass is 16.5. The van der Waals surface area contributed by atoms with Crippen molar-refractivity contribution in [1.29, 1.82) is 0 Å². The normalized spacial score (nSPS) is 9.69. The lowest BCUT2D eigenvalue weighted by Crippen LogP contribution is -1.99. The fourth-order valence-electron chi connectivity index (χ4n) is 1.01. The van der Waals surface area contributed by atoms with Crippen LogP contribution in [0.4, 0.5) is 0 Å². The van der Waals surface area contributed by atoms with Gasteiger partial charge in [0, 0.05) is 12.5 Å². The molecular formula is C10H12O3. The maximum atomic E-state index is 10.5. The molecule has 1 rings (SSSR count). The summed E-state index contributed by atoms with van der Waals surface area (Å²) in [5.74, 6) is -0.187. The molecule has 0 bridgehead atoms. The average Bonchev–Trinajstić information content (AvgIpc) is 2.06. The Morgan fingerprint density at radius 1 is 1.54 bits per heavy atom. The number of rotatable bonds is 2. The first-order chi connectivity index (χ1) is 6.09. The first kappa shape index (κ1) is 9.58. The molecule has 3 heteroatoms. The molecule has 0 aliphatic carbocycles. The van der Waals surface area contributed by atoms with Gasteiger partial charge < -0.3 is 9.84 Å². The predicted octanol–water partition coefficient (Wildman–Crippen LogP) is 1.76. The molecule has 0 aliphatic heterocycles. The number of aromatic hydroxyl groups is 1. The van der Waals surface area contributed by atoms with E-state index in [1.165, 1.54) is 6.92 Å². The Labute approximate surface area is 77.0 Å². The molecule has 0 atom stereocenters. The fraction of sp³-hybridized carbons (Fsp3) is 0.300. The highest BCUT2D eigenvalue weighted by Gasteiger charge is 2.02. The van der Waals surface area contributed by atoms with Gasteiger partial charge in [-0.05, 0) is 19.1 Å². The van der Waals surface area contributed by atoms with Gasteiger partial charge in [0.15, 0.2) is 0 Å². The Bertz CT molecular complexity index is 318. The summed E-state index contributed by atoms with van der Waals surface area (Å²) in [6, 6.07) is 5.18. The lowest BCUT2D eigenvalue weighted by atomic mass is 10.1. The smallest absolute Gasteiger partial charge is 0.302 e. The van der Waals surface area contributed by atoms with Gasteiger partial charge in [-0.2, -0.15) is 0 Å². The van der Waals surface area contributed by atoms with Crippen LogP contribution in [-0.4, -0.2) is 11.1 Å². The SMILES string of the molecule is CC(=O)OCc1cc(C)ccc1O. The van der Waals surface area contributed by atoms with Crippen LogP contribution in [0.2, 0.25) is 0 Å². The molecule has 1 N–H and O–H groups in total. The van der Waals surface area contributed by atoms with Crippen LogP contribution in [-0.2, 0) is 16.1 Å². The van der Waals surface area contributed by atoms with Crippen LogP contribution in [0.3, 0.4) is 0 Å². The molecule has 0 fully saturated rings. The highest BCUT2D eigenvalue weighted by molar-refractivity contribution is 5.66. The third-order valence-corrected chi connectivity index (χ3v) is 1.67. The van der Waals surface area contributed by atoms with Gasteiger partial charge in [0.25, 0.3) is 0 Å². The molecule has 0 saturated carbocycles. The summed E-state index contributed by atoms with van der Waals surface area (Å²) in [6.07, 6.45) is 0. The number of benzene rings is 1. The molecule has 13 heavy (non-hydrogen) atoms. The van der Waals surface area contributed by atoms with E-state index in [1.54, 1.807) is 18.2 Å². The number of phenols is 1. The molecular weight excluding hydrogens is 168 g/mol. The number of phenolic OH excluding ortho intramolecular Hbond substituents is 1. The van der Waals surface area contributed by atoms with Gasteiger partial charge in [-0.15, -0.1) is 0 Å². The summed E-state index contributed by atoms with van der Waals surface area (Å²) in [6.45, 7) is 3.38. The van der Waals surface area contributed by atoms with E-state index < -0.39 is 0 Å². The molecule has 0 amide bonds. The molecule has 0 heterocycles. The minimum atomic E-state index is -0.346. The first-order valence-corrected chi connectivity index (χ1v) is 4.01. The number of hydrogen-bond acceptors (Lipinski definition) is 3. The maximum Gasteiger partial charge on any atom is 0.302 e. The minimum Gasteiger partial charge on any atom is -0.508 e. The van der Waals surface area contributed by atoms with Crippen LogP contribution in [0.5, 0.6) is 5.75 Å². The quantitative estimate of drug-likeness (QED) is 0.705. The van der Waals surface area contributed by atoms with Gasteiger partial charge in [-0.3, -0.25) is 4.79 Å². The number of carbonyl (C=O) groups is 1. The van der Waals surface area contributed by atoms with Crippen LogP contribution in [0.1, 0.15) is 18.1 Å². The molecule has 0 aliphatic rings. The van der Waals surface area contributed by atoms with Crippen molar-refractivity contribution in [2.24, 2.45) is 0 Å². The van der Waals surface area contributed by atoms with Crippen molar-refractivity contribution in [2.45, 2.75) is 20.5 Å². The summed E-state index contributed by atoms with van der Waals surface area (Å²) in [5.41, 5.74) is 1.66. The highest BCUT2D eigenvalue weighted by Crippen LogP contribution is 2.18. The zero-order valence-corrected chi connectivity index (χ0v) is 7.70. The second kappa shape index (κ2) is 3.94. The van der Waals surface area contributed by atoms with Crippen molar-refractivity contribution < 1.29 is 14.6 Å². The van der Waals surface area contributed by atoms with Crippen molar-refractivity contribution in [1.82, 2.24) is 0 Å². The van der Waals surface area contributed by atoms with Gasteiger partial charge in [0.05, 0.1) is 0 Å². The fourth-order valence-corrected chi connectivity index (χ4v) is 1.01. The Morgan fingerprint density at radius 3 is 2.85 bits per heavy atom. The number of ether oxygens (including phenoxy) is 1. The predicted molar refractivity (Wildman–Crippen MR) is 48.3 cm³/mol. The number of carbonyl (C=O) groups excluding carboxylic acids is 1. The average molecular weight is 180 g/mol. The second-order valence-electron chi connectivity index (χ2n) is 2.91. The molecule has 0 radical (unpaired) electrons. The molecule has 0 spiro atoms. The summed E-state index contributed by atoms with van der Waals surface area (Å²) >= 11 is 0. The van der Waals surface area contributed by atoms with E-state index in [0.29, 0.717) is 5.56 Å². The Hall–Kier alpha value is -1.51. The van der Waals surface area contributed by atoms with E-state index >= 15 is 0 Å². The summed E-state index contributed by atoms with van der Waals surface area (Å²) in [5, 5.41) is 9.36. The minimum absolute atomic E-state index is 0.128. The monoisotopic (exact) mass is 180 g/mol. The molecule has 3 nitrogen and oxygen atoms in total. The van der Waals surface area contributed by atoms with E-state index in [9.17, 15) is 9.90 Å². The van der Waals surface area contributed by atoms with Crippen LogP contribution >= 0.6 is 0 Å². The molecule has 1 aromatic carbocycles. The van der Waals surface area contributed by atoms with Gasteiger partial charge in [0.1, 0.15) is 12.4 Å². The van der Waals surface area contributed by atoms with Crippen LogP contribution in [0.25, 0.3) is 0 Å². The maximum absolute atomic E-state index is 10.5. The van der Waals surface area contributed by atoms with Crippen molar-refractivity contribution >= 4 is 5.97 Å². The number of aryl methyl sites for hydroxylation is 1. The lowest BCUT2D eigenvalue weighted by Gasteiger charge is -2.05. The van der Waals surface area contributed by atoms with E-state index in [2.05, 4.69) is 0 Å². The third-order valence-electron chi connectivity index (χ3n) is 1.67. The Balaban J connectivity index is 2.75. The summed E-state index contributed by atoms with van der Waals surface area (Å²) in [7, 11) is 0. The van der Waals surface area contributed by atoms with Gasteiger partial charge in [-0.25, -0.2) is 0 Å². The second-order valence-corrected chi connectivity index (χ2v) is 2.91. The standard InChI is InChI=1S/C10H12O3/c1-7-3-4-10(12)9(5-7)6-13-8(2)11/h3-5,12H,6H2,1-2H3. The zero-order valence-electron chi connectivity index (χ0n) is 7.70. The summed E-state index contributed by atoms with van der Waals surface area (Å²) in [4.78, 5) is 10.5. The van der Waals surface area contributed by atoms with E-state index in [4.69, 9.17) is 4.74 Å². The van der Waals surface area contributed by atoms with Crippen molar-refractivity contribution in [3.8, 4) is 5.75 Å². The molecule has 0 saturated heterocycles. The van der Waals surface area contributed by atoms with E-state index in [1.807, 2.05) is 6.92 Å². The molecule has 0 unspecified atom stereocenters. The number of esters is 1. The Kier molecular flexibility index (Phi) is 2.90. The van der Waals surface area contributed by atoms with Crippen molar-refractivity contribution in [3.63, 3.8) is 0 Å². The zero-order chi connectivity index (χ0) is 9.84. The molecule has 70 valence electrons. The van der Waals surface area contributed by atoms with Gasteiger partial charge in [0.2, 0.25) is 0 Å². The van der Waals surface area contributed by atoms with Crippen molar-refractivity contribution in [3.05, 3.63) is 29.3 Å². The Morgan fingerprint density at radius 2 is 2.23 bits per heavy atom. The van der Waals surface area contributed by atoms with Crippen LogP contribution < -0.4 is 0 Å². The van der Waals surface area contributed by atoms with Crippen LogP contribution in [0, 0.1) is 6.92 Å².